The van der Waals surface area contributed by atoms with E-state index in [2.05, 4.69) is 11.0 Å². The van der Waals surface area contributed by atoms with Crippen LogP contribution in [0.1, 0.15) is 16.7 Å². The third-order valence-electron chi connectivity index (χ3n) is 3.87. The summed E-state index contributed by atoms with van der Waals surface area (Å²) in [6, 6.07) is 14.7. The van der Waals surface area contributed by atoms with E-state index in [0.29, 0.717) is 12.1 Å². The van der Waals surface area contributed by atoms with Gasteiger partial charge in [0.2, 0.25) is 10.0 Å². The molecule has 2 N–H and O–H groups in total. The van der Waals surface area contributed by atoms with Gasteiger partial charge >= 0.3 is 0 Å². The summed E-state index contributed by atoms with van der Waals surface area (Å²) in [5.74, 6) is 0. The smallest absolute Gasteiger partial charge is 0.238 e. The third-order valence-corrected chi connectivity index (χ3v) is 4.78. The molecule has 2 aromatic rings. The number of sulfonamides is 1. The van der Waals surface area contributed by atoms with Crippen LogP contribution in [0.15, 0.2) is 47.4 Å². The van der Waals surface area contributed by atoms with Crippen LogP contribution in [-0.4, -0.2) is 15.0 Å². The Hall–Kier alpha value is -2.36. The molecule has 0 saturated heterocycles. The van der Waals surface area contributed by atoms with Gasteiger partial charge in [0, 0.05) is 18.8 Å². The highest BCUT2D eigenvalue weighted by Crippen LogP contribution is 2.31. The van der Waals surface area contributed by atoms with Crippen molar-refractivity contribution < 1.29 is 8.42 Å². The summed E-state index contributed by atoms with van der Waals surface area (Å²) in [5, 5.41) is 14.3. The molecule has 1 heterocycles. The summed E-state index contributed by atoms with van der Waals surface area (Å²) in [6.07, 6.45) is 0.771. The maximum absolute atomic E-state index is 11.4. The highest BCUT2D eigenvalue weighted by Gasteiger charge is 2.22. The quantitative estimate of drug-likeness (QED) is 0.935. The minimum absolute atomic E-state index is 0.144. The lowest BCUT2D eigenvalue weighted by atomic mass is 10.1. The Balaban J connectivity index is 1.91. The molecule has 1 aliphatic heterocycles. The van der Waals surface area contributed by atoms with Crippen LogP contribution in [0.3, 0.4) is 0 Å². The number of benzene rings is 2. The van der Waals surface area contributed by atoms with E-state index in [-0.39, 0.29) is 4.90 Å². The molecule has 0 bridgehead atoms. The van der Waals surface area contributed by atoms with E-state index in [1.165, 1.54) is 6.07 Å². The molecule has 2 aromatic carbocycles. The van der Waals surface area contributed by atoms with Crippen molar-refractivity contribution in [1.82, 2.24) is 0 Å². The average molecular weight is 313 g/mol. The van der Waals surface area contributed by atoms with Gasteiger partial charge in [0.15, 0.2) is 0 Å². The fraction of sp³-hybridized carbons (Fsp3) is 0.188. The van der Waals surface area contributed by atoms with Crippen molar-refractivity contribution in [2.45, 2.75) is 17.9 Å². The van der Waals surface area contributed by atoms with Crippen LogP contribution in [0, 0.1) is 11.3 Å². The van der Waals surface area contributed by atoms with Crippen molar-refractivity contribution in [3.63, 3.8) is 0 Å². The minimum atomic E-state index is -3.67. The number of rotatable bonds is 3. The number of primary sulfonamides is 1. The van der Waals surface area contributed by atoms with Crippen molar-refractivity contribution >= 4 is 15.7 Å². The predicted octanol–water partition coefficient (Wildman–Crippen LogP) is 1.77. The Morgan fingerprint density at radius 2 is 2.00 bits per heavy atom. The zero-order valence-electron chi connectivity index (χ0n) is 11.9. The van der Waals surface area contributed by atoms with Gasteiger partial charge in [-0.05, 0) is 41.8 Å². The number of nitriles is 1. The summed E-state index contributed by atoms with van der Waals surface area (Å²) >= 11 is 0. The zero-order chi connectivity index (χ0) is 15.7. The third kappa shape index (κ3) is 2.69. The highest BCUT2D eigenvalue weighted by molar-refractivity contribution is 7.89. The summed E-state index contributed by atoms with van der Waals surface area (Å²) in [7, 11) is -3.67. The lowest BCUT2D eigenvalue weighted by molar-refractivity contribution is 0.597. The van der Waals surface area contributed by atoms with Crippen LogP contribution in [0.2, 0.25) is 0 Å². The topological polar surface area (TPSA) is 87.2 Å². The van der Waals surface area contributed by atoms with E-state index in [4.69, 9.17) is 10.4 Å². The fourth-order valence-corrected chi connectivity index (χ4v) is 3.32. The van der Waals surface area contributed by atoms with Crippen molar-refractivity contribution in [2.75, 3.05) is 11.4 Å². The molecule has 22 heavy (non-hydrogen) atoms. The van der Waals surface area contributed by atoms with E-state index >= 15 is 0 Å². The van der Waals surface area contributed by atoms with Gasteiger partial charge in [0.05, 0.1) is 16.5 Å². The second kappa shape index (κ2) is 5.44. The first kappa shape index (κ1) is 14.6. The maximum atomic E-state index is 11.4. The van der Waals surface area contributed by atoms with Gasteiger partial charge in [0.25, 0.3) is 0 Å². The summed E-state index contributed by atoms with van der Waals surface area (Å²) < 4.78 is 22.8. The Labute approximate surface area is 129 Å². The molecule has 0 amide bonds. The lowest BCUT2D eigenvalue weighted by Crippen LogP contribution is -2.20. The molecule has 0 unspecified atom stereocenters. The Morgan fingerprint density at radius 3 is 2.73 bits per heavy atom. The van der Waals surface area contributed by atoms with Gasteiger partial charge < -0.3 is 4.90 Å². The molecular formula is C16H15N3O2S. The van der Waals surface area contributed by atoms with Crippen LogP contribution < -0.4 is 10.0 Å². The van der Waals surface area contributed by atoms with Gasteiger partial charge in [0.1, 0.15) is 0 Å². The Kier molecular flexibility index (Phi) is 3.61. The van der Waals surface area contributed by atoms with Gasteiger partial charge in [-0.3, -0.25) is 0 Å². The van der Waals surface area contributed by atoms with Gasteiger partial charge in [-0.25, -0.2) is 13.6 Å². The van der Waals surface area contributed by atoms with Crippen molar-refractivity contribution in [3.05, 3.63) is 59.2 Å². The van der Waals surface area contributed by atoms with E-state index in [1.807, 2.05) is 18.2 Å². The van der Waals surface area contributed by atoms with Crippen molar-refractivity contribution in [2.24, 2.45) is 5.14 Å². The summed E-state index contributed by atoms with van der Waals surface area (Å²) in [4.78, 5) is 2.30. The first-order chi connectivity index (χ1) is 10.5. The molecule has 1 aliphatic rings. The second-order valence-corrected chi connectivity index (χ2v) is 6.84. The van der Waals surface area contributed by atoms with E-state index < -0.39 is 10.0 Å². The van der Waals surface area contributed by atoms with Crippen LogP contribution >= 0.6 is 0 Å². The number of nitrogens with zero attached hydrogens (tertiary/aromatic N) is 2. The van der Waals surface area contributed by atoms with Gasteiger partial charge in [-0.1, -0.05) is 18.2 Å². The zero-order valence-corrected chi connectivity index (χ0v) is 12.7. The molecular weight excluding hydrogens is 298 g/mol. The molecule has 0 saturated carbocycles. The number of hydrogen-bond donors (Lipinski definition) is 1. The van der Waals surface area contributed by atoms with Crippen LogP contribution in [0.4, 0.5) is 5.69 Å². The number of anilines is 1. The highest BCUT2D eigenvalue weighted by atomic mass is 32.2. The van der Waals surface area contributed by atoms with Gasteiger partial charge in [-0.2, -0.15) is 5.26 Å². The SMILES string of the molecule is N#Cc1ccccc1CN1CCc2cc(S(N)(=O)=O)ccc21. The van der Waals surface area contributed by atoms with Crippen molar-refractivity contribution in [1.29, 1.82) is 5.26 Å². The number of nitrogens with two attached hydrogens (primary N) is 1. The summed E-state index contributed by atoms with van der Waals surface area (Å²) in [5.41, 5.74) is 3.60. The number of fused-ring (bicyclic) bond motifs is 1. The molecule has 0 radical (unpaired) electrons. The molecule has 0 spiro atoms. The van der Waals surface area contributed by atoms with Crippen LogP contribution in [0.5, 0.6) is 0 Å². The fourth-order valence-electron chi connectivity index (χ4n) is 2.76. The first-order valence-electron chi connectivity index (χ1n) is 6.88. The van der Waals surface area contributed by atoms with Crippen molar-refractivity contribution in [3.8, 4) is 6.07 Å². The largest absolute Gasteiger partial charge is 0.367 e. The molecule has 0 atom stereocenters. The molecule has 3 rings (SSSR count). The molecule has 6 heteroatoms. The predicted molar refractivity (Wildman–Crippen MR) is 83.7 cm³/mol. The van der Waals surface area contributed by atoms with E-state index in [0.717, 1.165) is 29.8 Å². The minimum Gasteiger partial charge on any atom is -0.367 e. The molecule has 0 fully saturated rings. The average Bonchev–Trinajstić information content (AvgIpc) is 2.89. The molecule has 0 aromatic heterocycles. The van der Waals surface area contributed by atoms with E-state index in [9.17, 15) is 8.42 Å². The van der Waals surface area contributed by atoms with Crippen LogP contribution in [-0.2, 0) is 23.0 Å². The maximum Gasteiger partial charge on any atom is 0.238 e. The Morgan fingerprint density at radius 1 is 1.23 bits per heavy atom. The summed E-state index contributed by atoms with van der Waals surface area (Å²) in [6.45, 7) is 1.43. The first-order valence-corrected chi connectivity index (χ1v) is 8.42. The Bertz CT molecular complexity index is 869. The number of hydrogen-bond acceptors (Lipinski definition) is 4. The standard InChI is InChI=1S/C16H15N3O2S/c17-10-13-3-1-2-4-14(13)11-19-8-7-12-9-15(22(18,20)21)5-6-16(12)19/h1-6,9H,7-8,11H2,(H2,18,20,21). The van der Waals surface area contributed by atoms with Crippen LogP contribution in [0.25, 0.3) is 0 Å². The second-order valence-electron chi connectivity index (χ2n) is 5.28. The van der Waals surface area contributed by atoms with Gasteiger partial charge in [-0.15, -0.1) is 0 Å². The molecule has 112 valence electrons. The van der Waals surface area contributed by atoms with E-state index in [1.54, 1.807) is 18.2 Å². The monoisotopic (exact) mass is 313 g/mol. The molecule has 5 nitrogen and oxygen atoms in total. The molecule has 0 aliphatic carbocycles. The normalized spacial score (nSPS) is 13.7. The lowest BCUT2D eigenvalue weighted by Gasteiger charge is -2.20.